The van der Waals surface area contributed by atoms with Crippen molar-refractivity contribution in [2.24, 2.45) is 0 Å². The third kappa shape index (κ3) is 4.44. The molecule has 116 valence electrons. The van der Waals surface area contributed by atoms with Crippen LogP contribution in [0.15, 0.2) is 5.38 Å². The lowest BCUT2D eigenvalue weighted by Gasteiger charge is -2.26. The zero-order valence-electron chi connectivity index (χ0n) is 12.0. The first kappa shape index (κ1) is 17.5. The molecular formula is C13H17ClN2O4S. The zero-order chi connectivity index (χ0) is 16.2. The monoisotopic (exact) mass is 332 g/mol. The first-order valence-corrected chi connectivity index (χ1v) is 7.53. The van der Waals surface area contributed by atoms with Crippen molar-refractivity contribution in [3.05, 3.63) is 20.8 Å². The van der Waals surface area contributed by atoms with Gasteiger partial charge in [-0.25, -0.2) is 4.79 Å². The molecule has 0 aliphatic rings. The van der Waals surface area contributed by atoms with E-state index in [4.69, 9.17) is 16.7 Å². The Morgan fingerprint density at radius 3 is 2.52 bits per heavy atom. The molecule has 0 bridgehead atoms. The van der Waals surface area contributed by atoms with Crippen molar-refractivity contribution in [1.82, 2.24) is 10.2 Å². The van der Waals surface area contributed by atoms with Crippen LogP contribution in [0.25, 0.3) is 0 Å². The van der Waals surface area contributed by atoms with Gasteiger partial charge in [0, 0.05) is 20.0 Å². The van der Waals surface area contributed by atoms with Crippen molar-refractivity contribution in [2.75, 3.05) is 13.1 Å². The van der Waals surface area contributed by atoms with E-state index in [2.05, 4.69) is 5.32 Å². The summed E-state index contributed by atoms with van der Waals surface area (Å²) in [5, 5.41) is 13.7. The number of amides is 2. The summed E-state index contributed by atoms with van der Waals surface area (Å²) in [7, 11) is 0. The maximum Gasteiger partial charge on any atom is 0.326 e. The van der Waals surface area contributed by atoms with E-state index in [9.17, 15) is 14.4 Å². The molecule has 1 aromatic heterocycles. The van der Waals surface area contributed by atoms with Gasteiger partial charge in [-0.2, -0.15) is 0 Å². The number of hydrogen-bond acceptors (Lipinski definition) is 4. The van der Waals surface area contributed by atoms with Crippen LogP contribution in [-0.4, -0.2) is 46.9 Å². The number of nitrogens with one attached hydrogen (secondary N) is 1. The van der Waals surface area contributed by atoms with Crippen LogP contribution in [0.1, 0.15) is 29.1 Å². The van der Waals surface area contributed by atoms with Gasteiger partial charge >= 0.3 is 5.97 Å². The molecule has 2 amide bonds. The van der Waals surface area contributed by atoms with Crippen molar-refractivity contribution in [3.8, 4) is 0 Å². The fourth-order valence-electron chi connectivity index (χ4n) is 1.66. The Hall–Kier alpha value is -1.60. The standard InChI is InChI=1S/C13H17ClN2O4S/c1-7-6-21-11(10(7)14)12(18)16(8(2)13(19)20)5-4-15-9(3)17/h6,8H,4-5H2,1-3H3,(H,15,17)(H,19,20). The summed E-state index contributed by atoms with van der Waals surface area (Å²) < 4.78 is 0. The Morgan fingerprint density at radius 2 is 2.10 bits per heavy atom. The van der Waals surface area contributed by atoms with Gasteiger partial charge in [-0.05, 0) is 24.8 Å². The first-order valence-electron chi connectivity index (χ1n) is 6.27. The smallest absolute Gasteiger partial charge is 0.326 e. The van der Waals surface area contributed by atoms with E-state index in [0.29, 0.717) is 9.90 Å². The second kappa shape index (κ2) is 7.42. The summed E-state index contributed by atoms with van der Waals surface area (Å²) in [5.41, 5.74) is 0.773. The van der Waals surface area contributed by atoms with Crippen molar-refractivity contribution in [3.63, 3.8) is 0 Å². The fraction of sp³-hybridized carbons (Fsp3) is 0.462. The normalized spacial score (nSPS) is 11.8. The lowest BCUT2D eigenvalue weighted by molar-refractivity contribution is -0.141. The van der Waals surface area contributed by atoms with E-state index < -0.39 is 17.9 Å². The average molecular weight is 333 g/mol. The van der Waals surface area contributed by atoms with Gasteiger partial charge < -0.3 is 15.3 Å². The molecule has 0 aromatic carbocycles. The van der Waals surface area contributed by atoms with Crippen LogP contribution >= 0.6 is 22.9 Å². The van der Waals surface area contributed by atoms with E-state index in [1.807, 2.05) is 0 Å². The van der Waals surface area contributed by atoms with Gasteiger partial charge in [-0.1, -0.05) is 11.6 Å². The highest BCUT2D eigenvalue weighted by molar-refractivity contribution is 7.13. The summed E-state index contributed by atoms with van der Waals surface area (Å²) in [6, 6.07) is -1.01. The molecule has 0 aliphatic carbocycles. The van der Waals surface area contributed by atoms with Crippen LogP contribution in [0.5, 0.6) is 0 Å². The number of carboxylic acids is 1. The van der Waals surface area contributed by atoms with Crippen LogP contribution in [0.3, 0.4) is 0 Å². The van der Waals surface area contributed by atoms with Gasteiger partial charge in [0.1, 0.15) is 10.9 Å². The average Bonchev–Trinajstić information content (AvgIpc) is 2.73. The lowest BCUT2D eigenvalue weighted by Crippen LogP contribution is -2.46. The zero-order valence-corrected chi connectivity index (χ0v) is 13.5. The van der Waals surface area contributed by atoms with E-state index in [0.717, 1.165) is 5.56 Å². The van der Waals surface area contributed by atoms with E-state index in [1.54, 1.807) is 12.3 Å². The minimum atomic E-state index is -1.12. The van der Waals surface area contributed by atoms with Crippen LogP contribution in [0.2, 0.25) is 5.02 Å². The summed E-state index contributed by atoms with van der Waals surface area (Å²) in [5.74, 6) is -1.80. The van der Waals surface area contributed by atoms with Gasteiger partial charge in [-0.3, -0.25) is 9.59 Å². The predicted octanol–water partition coefficient (Wildman–Crippen LogP) is 1.76. The summed E-state index contributed by atoms with van der Waals surface area (Å²) in [6.45, 7) is 4.83. The Kier molecular flexibility index (Phi) is 6.17. The molecule has 1 unspecified atom stereocenters. The van der Waals surface area contributed by atoms with Crippen molar-refractivity contribution in [2.45, 2.75) is 26.8 Å². The predicted molar refractivity (Wildman–Crippen MR) is 80.9 cm³/mol. The molecule has 0 radical (unpaired) electrons. The van der Waals surface area contributed by atoms with Crippen LogP contribution in [0.4, 0.5) is 0 Å². The van der Waals surface area contributed by atoms with Gasteiger partial charge in [0.05, 0.1) is 5.02 Å². The first-order chi connectivity index (χ1) is 9.75. The molecule has 0 saturated heterocycles. The number of carboxylic acid groups (broad SMARTS) is 1. The molecule has 2 N–H and O–H groups in total. The second-order valence-electron chi connectivity index (χ2n) is 4.56. The van der Waals surface area contributed by atoms with E-state index >= 15 is 0 Å². The highest BCUT2D eigenvalue weighted by atomic mass is 35.5. The third-order valence-electron chi connectivity index (χ3n) is 2.91. The minimum Gasteiger partial charge on any atom is -0.480 e. The number of nitrogens with zero attached hydrogens (tertiary/aromatic N) is 1. The van der Waals surface area contributed by atoms with Gasteiger partial charge in [0.15, 0.2) is 0 Å². The summed E-state index contributed by atoms with van der Waals surface area (Å²) in [4.78, 5) is 36.0. The van der Waals surface area contributed by atoms with Gasteiger partial charge in [0.2, 0.25) is 5.91 Å². The lowest BCUT2D eigenvalue weighted by atomic mass is 10.2. The third-order valence-corrected chi connectivity index (χ3v) is 4.59. The van der Waals surface area contributed by atoms with Crippen LogP contribution in [0, 0.1) is 6.92 Å². The molecule has 1 atom stereocenters. The topological polar surface area (TPSA) is 86.7 Å². The Bertz CT molecular complexity index is 558. The Balaban J connectivity index is 2.94. The number of carbonyl (C=O) groups excluding carboxylic acids is 2. The van der Waals surface area contributed by atoms with Crippen LogP contribution < -0.4 is 5.32 Å². The van der Waals surface area contributed by atoms with Crippen molar-refractivity contribution in [1.29, 1.82) is 0 Å². The molecule has 6 nitrogen and oxygen atoms in total. The molecule has 0 aliphatic heterocycles. The number of aliphatic carboxylic acids is 1. The second-order valence-corrected chi connectivity index (χ2v) is 5.82. The molecular weight excluding hydrogens is 316 g/mol. The van der Waals surface area contributed by atoms with Crippen molar-refractivity contribution < 1.29 is 19.5 Å². The minimum absolute atomic E-state index is 0.0964. The van der Waals surface area contributed by atoms with E-state index in [1.165, 1.54) is 30.1 Å². The molecule has 1 rings (SSSR count). The molecule has 0 spiro atoms. The molecule has 8 heteroatoms. The van der Waals surface area contributed by atoms with Crippen LogP contribution in [-0.2, 0) is 9.59 Å². The molecule has 0 saturated carbocycles. The number of rotatable bonds is 6. The van der Waals surface area contributed by atoms with Crippen molar-refractivity contribution >= 4 is 40.7 Å². The summed E-state index contributed by atoms with van der Waals surface area (Å²) >= 11 is 7.24. The van der Waals surface area contributed by atoms with E-state index in [-0.39, 0.29) is 19.0 Å². The van der Waals surface area contributed by atoms with Gasteiger partial charge in [0.25, 0.3) is 5.91 Å². The maximum atomic E-state index is 12.5. The fourth-order valence-corrected chi connectivity index (χ4v) is 2.89. The highest BCUT2D eigenvalue weighted by Gasteiger charge is 2.28. The Morgan fingerprint density at radius 1 is 1.48 bits per heavy atom. The largest absolute Gasteiger partial charge is 0.480 e. The maximum absolute atomic E-state index is 12.5. The molecule has 0 fully saturated rings. The molecule has 1 heterocycles. The number of halogens is 1. The highest BCUT2D eigenvalue weighted by Crippen LogP contribution is 2.28. The molecule has 21 heavy (non-hydrogen) atoms. The number of hydrogen-bond donors (Lipinski definition) is 2. The number of thiophene rings is 1. The Labute approximate surface area is 131 Å². The quantitative estimate of drug-likeness (QED) is 0.831. The van der Waals surface area contributed by atoms with Gasteiger partial charge in [-0.15, -0.1) is 11.3 Å². The summed E-state index contributed by atoms with van der Waals surface area (Å²) in [6.07, 6.45) is 0. The SMILES string of the molecule is CC(=O)NCCN(C(=O)c1scc(C)c1Cl)C(C)C(=O)O. The number of aryl methyl sites for hydroxylation is 1. The number of carbonyl (C=O) groups is 3. The molecule has 1 aromatic rings.